The second kappa shape index (κ2) is 6.12. The number of benzene rings is 1. The lowest BCUT2D eigenvalue weighted by Crippen LogP contribution is -2.25. The average molecular weight is 282 g/mol. The van der Waals surface area contributed by atoms with Gasteiger partial charge in [-0.3, -0.25) is 0 Å². The molecule has 0 amide bonds. The fraction of sp³-hybridized carbons (Fsp3) is 0.412. The van der Waals surface area contributed by atoms with Crippen LogP contribution in [-0.2, 0) is 6.42 Å². The molecule has 0 aliphatic carbocycles. The Hall–Kier alpha value is -2.10. The molecule has 0 atom stereocenters. The smallest absolute Gasteiger partial charge is 0.224 e. The molecule has 0 saturated carbocycles. The molecular formula is C17H22N4. The van der Waals surface area contributed by atoms with E-state index in [1.807, 2.05) is 12.3 Å². The van der Waals surface area contributed by atoms with Gasteiger partial charge in [0.2, 0.25) is 5.95 Å². The molecular weight excluding hydrogens is 260 g/mol. The Morgan fingerprint density at radius 3 is 2.95 bits per heavy atom. The molecule has 1 N–H and O–H groups in total. The molecule has 0 bridgehead atoms. The van der Waals surface area contributed by atoms with Gasteiger partial charge in [-0.15, -0.1) is 0 Å². The van der Waals surface area contributed by atoms with Gasteiger partial charge < -0.3 is 10.2 Å². The highest BCUT2D eigenvalue weighted by Crippen LogP contribution is 2.32. The molecule has 0 fully saturated rings. The second-order valence-electron chi connectivity index (χ2n) is 5.90. The van der Waals surface area contributed by atoms with Gasteiger partial charge in [-0.25, -0.2) is 4.98 Å². The molecule has 4 nitrogen and oxygen atoms in total. The maximum absolute atomic E-state index is 4.67. The van der Waals surface area contributed by atoms with Crippen LogP contribution >= 0.6 is 0 Å². The molecule has 110 valence electrons. The highest BCUT2D eigenvalue weighted by Gasteiger charge is 2.18. The van der Waals surface area contributed by atoms with E-state index in [4.69, 9.17) is 0 Å². The molecule has 0 unspecified atom stereocenters. The van der Waals surface area contributed by atoms with Crippen LogP contribution in [0.15, 0.2) is 36.5 Å². The number of anilines is 3. The quantitative estimate of drug-likeness (QED) is 0.929. The van der Waals surface area contributed by atoms with Crippen molar-refractivity contribution in [3.63, 3.8) is 0 Å². The summed E-state index contributed by atoms with van der Waals surface area (Å²) in [5, 5.41) is 3.30. The van der Waals surface area contributed by atoms with Crippen molar-refractivity contribution in [3.05, 3.63) is 42.1 Å². The van der Waals surface area contributed by atoms with Crippen LogP contribution in [0.4, 0.5) is 17.5 Å². The van der Waals surface area contributed by atoms with Gasteiger partial charge in [-0.1, -0.05) is 32.0 Å². The first kappa shape index (κ1) is 13.9. The number of hydrogen-bond donors (Lipinski definition) is 1. The fourth-order valence-electron chi connectivity index (χ4n) is 2.65. The lowest BCUT2D eigenvalue weighted by atomic mass is 10.0. The largest absolute Gasteiger partial charge is 0.354 e. The summed E-state index contributed by atoms with van der Waals surface area (Å²) in [4.78, 5) is 11.3. The Bertz CT molecular complexity index is 609. The van der Waals surface area contributed by atoms with E-state index in [1.165, 1.54) is 11.3 Å². The first-order valence-corrected chi connectivity index (χ1v) is 7.66. The third kappa shape index (κ3) is 3.15. The van der Waals surface area contributed by atoms with Crippen LogP contribution in [0.2, 0.25) is 0 Å². The highest BCUT2D eigenvalue weighted by molar-refractivity contribution is 5.65. The molecule has 1 aliphatic heterocycles. The minimum absolute atomic E-state index is 0.577. The van der Waals surface area contributed by atoms with E-state index < -0.39 is 0 Å². The molecule has 1 aromatic heterocycles. The van der Waals surface area contributed by atoms with Crippen molar-refractivity contribution in [2.75, 3.05) is 23.3 Å². The van der Waals surface area contributed by atoms with Crippen LogP contribution in [0.1, 0.15) is 25.8 Å². The van der Waals surface area contributed by atoms with Crippen molar-refractivity contribution in [2.24, 2.45) is 5.92 Å². The van der Waals surface area contributed by atoms with Crippen LogP contribution < -0.4 is 10.2 Å². The molecule has 0 spiro atoms. The number of aryl methyl sites for hydroxylation is 1. The first-order chi connectivity index (χ1) is 10.2. The van der Waals surface area contributed by atoms with Gasteiger partial charge in [0.15, 0.2) is 0 Å². The van der Waals surface area contributed by atoms with E-state index >= 15 is 0 Å². The summed E-state index contributed by atoms with van der Waals surface area (Å²) < 4.78 is 0. The number of nitrogens with one attached hydrogen (secondary N) is 1. The second-order valence-corrected chi connectivity index (χ2v) is 5.90. The highest BCUT2D eigenvalue weighted by atomic mass is 15.2. The third-order valence-electron chi connectivity index (χ3n) is 3.70. The Kier molecular flexibility index (Phi) is 4.04. The Morgan fingerprint density at radius 2 is 2.10 bits per heavy atom. The van der Waals surface area contributed by atoms with Gasteiger partial charge in [-0.05, 0) is 36.5 Å². The normalized spacial score (nSPS) is 14.1. The number of para-hydroxylation sites is 1. The molecule has 0 radical (unpaired) electrons. The first-order valence-electron chi connectivity index (χ1n) is 7.66. The van der Waals surface area contributed by atoms with E-state index in [0.717, 1.165) is 31.7 Å². The van der Waals surface area contributed by atoms with Crippen molar-refractivity contribution >= 4 is 17.5 Å². The molecule has 1 aliphatic rings. The van der Waals surface area contributed by atoms with Crippen molar-refractivity contribution in [2.45, 2.75) is 26.7 Å². The summed E-state index contributed by atoms with van der Waals surface area (Å²) in [5.41, 5.74) is 2.68. The van der Waals surface area contributed by atoms with Crippen LogP contribution in [0, 0.1) is 5.92 Å². The van der Waals surface area contributed by atoms with E-state index in [-0.39, 0.29) is 0 Å². The summed E-state index contributed by atoms with van der Waals surface area (Å²) >= 11 is 0. The topological polar surface area (TPSA) is 41.1 Å². The van der Waals surface area contributed by atoms with E-state index in [0.29, 0.717) is 11.9 Å². The third-order valence-corrected chi connectivity index (χ3v) is 3.70. The standard InChI is InChI=1S/C17H22N4/c1-13(2)12-19-17-18-10-9-16(20-17)21-11-5-7-14-6-3-4-8-15(14)21/h3-4,6,8-10,13H,5,7,11-12H2,1-2H3,(H,18,19,20). The summed E-state index contributed by atoms with van der Waals surface area (Å²) in [6.45, 7) is 6.26. The van der Waals surface area contributed by atoms with Crippen LogP contribution in [0.25, 0.3) is 0 Å². The zero-order valence-corrected chi connectivity index (χ0v) is 12.7. The Morgan fingerprint density at radius 1 is 1.24 bits per heavy atom. The summed E-state index contributed by atoms with van der Waals surface area (Å²) in [7, 11) is 0. The molecule has 4 heteroatoms. The number of aromatic nitrogens is 2. The molecule has 21 heavy (non-hydrogen) atoms. The maximum atomic E-state index is 4.67. The fourth-order valence-corrected chi connectivity index (χ4v) is 2.65. The number of nitrogens with zero attached hydrogens (tertiary/aromatic N) is 3. The minimum Gasteiger partial charge on any atom is -0.354 e. The van der Waals surface area contributed by atoms with Gasteiger partial charge in [0.1, 0.15) is 5.82 Å². The number of fused-ring (bicyclic) bond motifs is 1. The molecule has 2 aromatic rings. The monoisotopic (exact) mass is 282 g/mol. The number of hydrogen-bond acceptors (Lipinski definition) is 4. The molecule has 0 saturated heterocycles. The molecule has 1 aromatic carbocycles. The van der Waals surface area contributed by atoms with E-state index in [1.54, 1.807) is 0 Å². The predicted octanol–water partition coefficient (Wildman–Crippen LogP) is 3.63. The maximum Gasteiger partial charge on any atom is 0.224 e. The lowest BCUT2D eigenvalue weighted by Gasteiger charge is -2.30. The zero-order valence-electron chi connectivity index (χ0n) is 12.7. The molecule has 2 heterocycles. The van der Waals surface area contributed by atoms with Crippen molar-refractivity contribution in [1.29, 1.82) is 0 Å². The van der Waals surface area contributed by atoms with Gasteiger partial charge in [0.05, 0.1) is 0 Å². The molecule has 3 rings (SSSR count). The summed E-state index contributed by atoms with van der Waals surface area (Å²) in [5.74, 6) is 2.26. The van der Waals surface area contributed by atoms with Gasteiger partial charge in [-0.2, -0.15) is 4.98 Å². The van der Waals surface area contributed by atoms with Crippen LogP contribution in [0.3, 0.4) is 0 Å². The van der Waals surface area contributed by atoms with Crippen molar-refractivity contribution in [1.82, 2.24) is 9.97 Å². The average Bonchev–Trinajstić information content (AvgIpc) is 2.52. The van der Waals surface area contributed by atoms with Gasteiger partial charge in [0, 0.05) is 25.0 Å². The van der Waals surface area contributed by atoms with E-state index in [9.17, 15) is 0 Å². The van der Waals surface area contributed by atoms with Crippen molar-refractivity contribution < 1.29 is 0 Å². The van der Waals surface area contributed by atoms with Gasteiger partial charge in [0.25, 0.3) is 0 Å². The summed E-state index contributed by atoms with van der Waals surface area (Å²) in [6.07, 6.45) is 4.15. The zero-order chi connectivity index (χ0) is 14.7. The lowest BCUT2D eigenvalue weighted by molar-refractivity contribution is 0.684. The number of rotatable bonds is 4. The van der Waals surface area contributed by atoms with Gasteiger partial charge >= 0.3 is 0 Å². The minimum atomic E-state index is 0.577. The van der Waals surface area contributed by atoms with Crippen LogP contribution in [-0.4, -0.2) is 23.1 Å². The van der Waals surface area contributed by atoms with E-state index in [2.05, 4.69) is 58.3 Å². The van der Waals surface area contributed by atoms with Crippen LogP contribution in [0.5, 0.6) is 0 Å². The Balaban J connectivity index is 1.86. The predicted molar refractivity (Wildman–Crippen MR) is 87.1 cm³/mol. The van der Waals surface area contributed by atoms with Crippen molar-refractivity contribution in [3.8, 4) is 0 Å². The Labute approximate surface area is 126 Å². The SMILES string of the molecule is CC(C)CNc1nccc(N2CCCc3ccccc32)n1. The summed E-state index contributed by atoms with van der Waals surface area (Å²) in [6, 6.07) is 10.6.